The lowest BCUT2D eigenvalue weighted by atomic mass is 10.2. The average Bonchev–Trinajstić information content (AvgIpc) is 2.38. The van der Waals surface area contributed by atoms with E-state index in [9.17, 15) is 13.0 Å². The van der Waals surface area contributed by atoms with Crippen LogP contribution in [0.15, 0.2) is 41.3 Å². The van der Waals surface area contributed by atoms with E-state index in [0.29, 0.717) is 0 Å². The van der Waals surface area contributed by atoms with Crippen LogP contribution >= 0.6 is 11.6 Å². The van der Waals surface area contributed by atoms with E-state index in [1.807, 2.05) is 0 Å². The van der Waals surface area contributed by atoms with Crippen molar-refractivity contribution in [2.75, 3.05) is 5.73 Å². The molecule has 100 valence electrons. The number of benzene rings is 2. The van der Waals surface area contributed by atoms with Crippen molar-refractivity contribution in [3.8, 4) is 0 Å². The molecule has 2 aromatic rings. The first-order chi connectivity index (χ1) is 8.99. The molecule has 19 heavy (non-hydrogen) atoms. The van der Waals surface area contributed by atoms with Crippen molar-refractivity contribution < 1.29 is 13.0 Å². The van der Waals surface area contributed by atoms with E-state index in [1.165, 1.54) is 24.3 Å². The van der Waals surface area contributed by atoms with Crippen LogP contribution in [0, 0.1) is 11.6 Å². The maximum atomic E-state index is 13.7. The number of anilines is 1. The van der Waals surface area contributed by atoms with E-state index in [2.05, 4.69) is 0 Å². The Bertz CT molecular complexity index is 649. The lowest BCUT2D eigenvalue weighted by Crippen LogP contribution is -2.03. The third-order valence-electron chi connectivity index (χ3n) is 2.54. The van der Waals surface area contributed by atoms with E-state index >= 15 is 0 Å². The summed E-state index contributed by atoms with van der Waals surface area (Å²) in [6, 6.07) is 8.04. The molecule has 1 unspecified atom stereocenters. The van der Waals surface area contributed by atoms with Gasteiger partial charge in [0.1, 0.15) is 11.6 Å². The molecule has 0 radical (unpaired) electrons. The Hall–Kier alpha value is -1.46. The zero-order valence-electron chi connectivity index (χ0n) is 9.70. The van der Waals surface area contributed by atoms with E-state index in [-0.39, 0.29) is 26.9 Å². The average molecular weight is 302 g/mol. The largest absolute Gasteiger partial charge is 0.398 e. The van der Waals surface area contributed by atoms with Gasteiger partial charge in [0.15, 0.2) is 0 Å². The minimum atomic E-state index is -1.64. The van der Waals surface area contributed by atoms with Gasteiger partial charge >= 0.3 is 0 Å². The van der Waals surface area contributed by atoms with Gasteiger partial charge in [0, 0.05) is 11.3 Å². The monoisotopic (exact) mass is 301 g/mol. The molecule has 6 heteroatoms. The molecule has 0 amide bonds. The van der Waals surface area contributed by atoms with Crippen molar-refractivity contribution in [1.29, 1.82) is 0 Å². The molecule has 0 saturated heterocycles. The summed E-state index contributed by atoms with van der Waals surface area (Å²) in [5.41, 5.74) is 6.05. The smallest absolute Gasteiger partial charge is 0.145 e. The summed E-state index contributed by atoms with van der Waals surface area (Å²) in [6.45, 7) is 0. The molecule has 0 spiro atoms. The summed E-state index contributed by atoms with van der Waals surface area (Å²) in [5.74, 6) is -1.27. The maximum absolute atomic E-state index is 13.7. The number of hydrogen-bond acceptors (Lipinski definition) is 2. The highest BCUT2D eigenvalue weighted by atomic mass is 35.5. The van der Waals surface area contributed by atoms with Crippen molar-refractivity contribution in [2.45, 2.75) is 10.6 Å². The Morgan fingerprint density at radius 3 is 2.68 bits per heavy atom. The van der Waals surface area contributed by atoms with Gasteiger partial charge in [-0.1, -0.05) is 23.7 Å². The molecule has 0 aromatic heterocycles. The maximum Gasteiger partial charge on any atom is 0.145 e. The zero-order chi connectivity index (χ0) is 14.0. The fourth-order valence-corrected chi connectivity index (χ4v) is 3.01. The molecule has 2 nitrogen and oxygen atoms in total. The van der Waals surface area contributed by atoms with Gasteiger partial charge in [-0.05, 0) is 24.3 Å². The predicted molar refractivity (Wildman–Crippen MR) is 72.3 cm³/mol. The lowest BCUT2D eigenvalue weighted by molar-refractivity contribution is 0.615. The molecule has 0 fully saturated rings. The van der Waals surface area contributed by atoms with Crippen LogP contribution in [0.25, 0.3) is 0 Å². The molecule has 0 heterocycles. The summed E-state index contributed by atoms with van der Waals surface area (Å²) < 4.78 is 38.9. The summed E-state index contributed by atoms with van der Waals surface area (Å²) in [6.07, 6.45) is 0. The Morgan fingerprint density at radius 1 is 1.21 bits per heavy atom. The predicted octanol–water partition coefficient (Wildman–Crippen LogP) is 3.51. The molecule has 2 rings (SSSR count). The quantitative estimate of drug-likeness (QED) is 0.882. The van der Waals surface area contributed by atoms with Crippen LogP contribution in [0.4, 0.5) is 14.5 Å². The fraction of sp³-hybridized carbons (Fsp3) is 0.0769. The highest BCUT2D eigenvalue weighted by molar-refractivity contribution is 7.84. The van der Waals surface area contributed by atoms with Gasteiger partial charge in [-0.15, -0.1) is 0 Å². The molecule has 2 N–H and O–H groups in total. The van der Waals surface area contributed by atoms with E-state index in [1.54, 1.807) is 6.07 Å². The first-order valence-corrected chi connectivity index (χ1v) is 7.05. The summed E-state index contributed by atoms with van der Waals surface area (Å²) in [5, 5.41) is -0.0401. The van der Waals surface area contributed by atoms with Gasteiger partial charge in [0.05, 0.1) is 26.5 Å². The van der Waals surface area contributed by atoms with Crippen molar-refractivity contribution >= 4 is 28.1 Å². The highest BCUT2D eigenvalue weighted by Gasteiger charge is 2.14. The molecule has 0 aliphatic carbocycles. The molecule has 0 bridgehead atoms. The first kappa shape index (κ1) is 14.0. The number of rotatable bonds is 3. The third kappa shape index (κ3) is 3.11. The van der Waals surface area contributed by atoms with Crippen LogP contribution in [-0.4, -0.2) is 4.21 Å². The number of nitrogen functional groups attached to an aromatic ring is 1. The van der Waals surface area contributed by atoms with Gasteiger partial charge in [-0.2, -0.15) is 0 Å². The number of hydrogen-bond donors (Lipinski definition) is 1. The molecule has 0 aliphatic rings. The third-order valence-corrected chi connectivity index (χ3v) is 4.25. The van der Waals surface area contributed by atoms with Crippen molar-refractivity contribution in [2.24, 2.45) is 0 Å². The standard InChI is InChI=1S/C13H10ClF2NOS/c14-10-3-1-2-8(13(10)16)7-19(18)12-6-9(15)4-5-11(12)17/h1-6H,7,17H2. The molecular weight excluding hydrogens is 292 g/mol. The van der Waals surface area contributed by atoms with Gasteiger partial charge in [0.25, 0.3) is 0 Å². The SMILES string of the molecule is Nc1ccc(F)cc1S(=O)Cc1cccc(Cl)c1F. The van der Waals surface area contributed by atoms with Crippen LogP contribution in [0.2, 0.25) is 5.02 Å². The molecule has 2 aromatic carbocycles. The Kier molecular flexibility index (Phi) is 4.17. The summed E-state index contributed by atoms with van der Waals surface area (Å²) >= 11 is 5.64. The second kappa shape index (κ2) is 5.67. The Labute approximate surface area is 116 Å². The van der Waals surface area contributed by atoms with Crippen LogP contribution in [0.3, 0.4) is 0 Å². The number of nitrogens with two attached hydrogens (primary N) is 1. The lowest BCUT2D eigenvalue weighted by Gasteiger charge is -2.07. The minimum absolute atomic E-state index is 0.0401. The summed E-state index contributed by atoms with van der Waals surface area (Å²) in [4.78, 5) is 0.152. The van der Waals surface area contributed by atoms with E-state index < -0.39 is 22.4 Å². The van der Waals surface area contributed by atoms with Crippen LogP contribution in [0.1, 0.15) is 5.56 Å². The molecular formula is C13H10ClF2NOS. The topological polar surface area (TPSA) is 43.1 Å². The molecule has 1 atom stereocenters. The van der Waals surface area contributed by atoms with E-state index in [0.717, 1.165) is 6.07 Å². The fourth-order valence-electron chi connectivity index (χ4n) is 1.58. The Balaban J connectivity index is 2.31. The second-order valence-corrected chi connectivity index (χ2v) is 5.71. The molecule has 0 aliphatic heterocycles. The van der Waals surface area contributed by atoms with Gasteiger partial charge in [-0.3, -0.25) is 4.21 Å². The van der Waals surface area contributed by atoms with Crippen LogP contribution in [-0.2, 0) is 16.6 Å². The van der Waals surface area contributed by atoms with Gasteiger partial charge in [-0.25, -0.2) is 8.78 Å². The zero-order valence-corrected chi connectivity index (χ0v) is 11.3. The van der Waals surface area contributed by atoms with Gasteiger partial charge < -0.3 is 5.73 Å². The van der Waals surface area contributed by atoms with Crippen LogP contribution < -0.4 is 5.73 Å². The normalized spacial score (nSPS) is 12.4. The van der Waals surface area contributed by atoms with Crippen LogP contribution in [0.5, 0.6) is 0 Å². The summed E-state index contributed by atoms with van der Waals surface area (Å²) in [7, 11) is -1.64. The van der Waals surface area contributed by atoms with Crippen molar-refractivity contribution in [1.82, 2.24) is 0 Å². The second-order valence-electron chi connectivity index (χ2n) is 3.88. The number of halogens is 3. The van der Waals surface area contributed by atoms with Gasteiger partial charge in [0.2, 0.25) is 0 Å². The Morgan fingerprint density at radius 2 is 1.95 bits per heavy atom. The minimum Gasteiger partial charge on any atom is -0.398 e. The van der Waals surface area contributed by atoms with Crippen molar-refractivity contribution in [3.63, 3.8) is 0 Å². The highest BCUT2D eigenvalue weighted by Crippen LogP contribution is 2.24. The van der Waals surface area contributed by atoms with E-state index in [4.69, 9.17) is 17.3 Å². The first-order valence-electron chi connectivity index (χ1n) is 5.35. The molecule has 0 saturated carbocycles. The van der Waals surface area contributed by atoms with Crippen molar-refractivity contribution in [3.05, 3.63) is 58.6 Å².